The molecule has 7 nitrogen and oxygen atoms in total. The molecular formula is C19H16N6OS. The summed E-state index contributed by atoms with van der Waals surface area (Å²) in [5, 5.41) is 11.2. The summed E-state index contributed by atoms with van der Waals surface area (Å²) in [6.45, 7) is 2.02. The average molecular weight is 376 g/mol. The Morgan fingerprint density at radius 3 is 2.74 bits per heavy atom. The van der Waals surface area contributed by atoms with Gasteiger partial charge in [0.25, 0.3) is 0 Å². The number of hydrogen-bond donors (Lipinski definition) is 1. The third-order valence-electron chi connectivity index (χ3n) is 3.93. The van der Waals surface area contributed by atoms with Crippen LogP contribution in [0.25, 0.3) is 11.4 Å². The van der Waals surface area contributed by atoms with E-state index in [1.54, 1.807) is 12.1 Å². The van der Waals surface area contributed by atoms with Crippen molar-refractivity contribution in [3.63, 3.8) is 0 Å². The number of hydrogen-bond acceptors (Lipinski definition) is 6. The lowest BCUT2D eigenvalue weighted by Crippen LogP contribution is -2.17. The summed E-state index contributed by atoms with van der Waals surface area (Å²) in [6, 6.07) is 17.1. The van der Waals surface area contributed by atoms with Crippen LogP contribution in [0.15, 0.2) is 72.4 Å². The van der Waals surface area contributed by atoms with Crippen molar-refractivity contribution in [1.29, 1.82) is 0 Å². The summed E-state index contributed by atoms with van der Waals surface area (Å²) in [5.74, 6) is 0.568. The van der Waals surface area contributed by atoms with Gasteiger partial charge in [0.15, 0.2) is 17.0 Å². The first-order chi connectivity index (χ1) is 13.2. The van der Waals surface area contributed by atoms with Crippen LogP contribution in [0, 0.1) is 6.92 Å². The van der Waals surface area contributed by atoms with Crippen LogP contribution in [0.4, 0.5) is 0 Å². The van der Waals surface area contributed by atoms with Gasteiger partial charge in [0.05, 0.1) is 0 Å². The van der Waals surface area contributed by atoms with Crippen LogP contribution in [0.5, 0.6) is 0 Å². The smallest absolute Gasteiger partial charge is 0.211 e. The Morgan fingerprint density at radius 2 is 2.00 bits per heavy atom. The first kappa shape index (κ1) is 17.2. The topological polar surface area (TPSA) is 89.3 Å². The molecule has 0 saturated heterocycles. The first-order valence-corrected chi connectivity index (χ1v) is 9.18. The highest BCUT2D eigenvalue weighted by atomic mass is 32.2. The Hall–Kier alpha value is -3.26. The molecule has 0 radical (unpaired) electrons. The number of nitrogens with zero attached hydrogens (tertiary/aromatic N) is 5. The molecule has 0 aliphatic rings. The number of aromatic amines is 1. The number of carbonyl (C=O) groups is 1. The number of aryl methyl sites for hydroxylation is 1. The Bertz CT molecular complexity index is 1050. The molecule has 27 heavy (non-hydrogen) atoms. The molecular weight excluding hydrogens is 360 g/mol. The minimum absolute atomic E-state index is 0.0898. The number of benzene rings is 2. The molecule has 1 N–H and O–H groups in total. The van der Waals surface area contributed by atoms with Gasteiger partial charge in [-0.25, -0.2) is 14.6 Å². The molecule has 0 aliphatic heterocycles. The molecule has 8 heteroatoms. The van der Waals surface area contributed by atoms with E-state index >= 15 is 0 Å². The van der Waals surface area contributed by atoms with Gasteiger partial charge in [-0.3, -0.25) is 9.89 Å². The van der Waals surface area contributed by atoms with Crippen LogP contribution >= 0.6 is 11.8 Å². The fourth-order valence-electron chi connectivity index (χ4n) is 2.63. The second-order valence-electron chi connectivity index (χ2n) is 5.91. The molecule has 0 spiro atoms. The van der Waals surface area contributed by atoms with E-state index in [2.05, 4.69) is 25.3 Å². The van der Waals surface area contributed by atoms with Crippen LogP contribution in [-0.4, -0.2) is 35.7 Å². The summed E-state index contributed by atoms with van der Waals surface area (Å²) < 4.78 is 1.52. The van der Waals surface area contributed by atoms with Gasteiger partial charge in [-0.1, -0.05) is 54.1 Å². The molecule has 0 fully saturated rings. The highest BCUT2D eigenvalue weighted by Crippen LogP contribution is 2.32. The van der Waals surface area contributed by atoms with Crippen molar-refractivity contribution in [2.24, 2.45) is 0 Å². The van der Waals surface area contributed by atoms with E-state index in [0.29, 0.717) is 16.5 Å². The molecule has 0 amide bonds. The summed E-state index contributed by atoms with van der Waals surface area (Å²) >= 11 is 1.23. The van der Waals surface area contributed by atoms with Crippen molar-refractivity contribution in [2.45, 2.75) is 17.5 Å². The summed E-state index contributed by atoms with van der Waals surface area (Å²) in [5.41, 5.74) is 2.68. The van der Waals surface area contributed by atoms with Gasteiger partial charge in [0.1, 0.15) is 12.7 Å². The molecule has 134 valence electrons. The molecule has 2 aromatic carbocycles. The second-order valence-corrected chi connectivity index (χ2v) is 6.96. The van der Waals surface area contributed by atoms with E-state index in [1.807, 2.05) is 49.4 Å². The zero-order valence-corrected chi connectivity index (χ0v) is 15.3. The van der Waals surface area contributed by atoms with Gasteiger partial charge >= 0.3 is 0 Å². The maximum Gasteiger partial charge on any atom is 0.211 e. The number of Topliss-reactive ketones (excluding diaryl/α,β-unsaturated/α-hetero) is 1. The zero-order chi connectivity index (χ0) is 18.6. The Morgan fingerprint density at radius 1 is 1.15 bits per heavy atom. The van der Waals surface area contributed by atoms with Crippen LogP contribution < -0.4 is 0 Å². The SMILES string of the molecule is Cc1cccc(-c2nc(SC(C(=O)c3ccccc3)n3cncn3)n[nH]2)c1. The van der Waals surface area contributed by atoms with Crippen molar-refractivity contribution in [3.05, 3.63) is 78.4 Å². The minimum atomic E-state index is -0.643. The van der Waals surface area contributed by atoms with Crippen molar-refractivity contribution in [2.75, 3.05) is 0 Å². The number of carbonyl (C=O) groups excluding carboxylic acids is 1. The van der Waals surface area contributed by atoms with Gasteiger partial charge in [-0.2, -0.15) is 5.10 Å². The monoisotopic (exact) mass is 376 g/mol. The lowest BCUT2D eigenvalue weighted by atomic mass is 10.1. The van der Waals surface area contributed by atoms with E-state index in [9.17, 15) is 4.79 Å². The van der Waals surface area contributed by atoms with Gasteiger partial charge in [-0.05, 0) is 24.8 Å². The second kappa shape index (κ2) is 7.55. The number of ketones is 1. The Balaban J connectivity index is 1.62. The van der Waals surface area contributed by atoms with Gasteiger partial charge < -0.3 is 0 Å². The van der Waals surface area contributed by atoms with E-state index in [0.717, 1.165) is 11.1 Å². The Labute approximate surface area is 159 Å². The van der Waals surface area contributed by atoms with Crippen LogP contribution in [-0.2, 0) is 0 Å². The number of nitrogens with one attached hydrogen (secondary N) is 1. The van der Waals surface area contributed by atoms with Crippen molar-refractivity contribution < 1.29 is 4.79 Å². The minimum Gasteiger partial charge on any atom is -0.291 e. The third kappa shape index (κ3) is 3.80. The molecule has 4 rings (SSSR count). The molecule has 2 heterocycles. The largest absolute Gasteiger partial charge is 0.291 e. The van der Waals surface area contributed by atoms with Crippen LogP contribution in [0.2, 0.25) is 0 Å². The van der Waals surface area contributed by atoms with Gasteiger partial charge in [0, 0.05) is 11.1 Å². The maximum absolute atomic E-state index is 13.0. The van der Waals surface area contributed by atoms with E-state index in [4.69, 9.17) is 0 Å². The lowest BCUT2D eigenvalue weighted by molar-refractivity contribution is 0.0962. The maximum atomic E-state index is 13.0. The number of aromatic nitrogens is 6. The highest BCUT2D eigenvalue weighted by molar-refractivity contribution is 7.99. The number of thioether (sulfide) groups is 1. The normalized spacial score (nSPS) is 12.0. The van der Waals surface area contributed by atoms with Crippen LogP contribution in [0.1, 0.15) is 21.3 Å². The summed E-state index contributed by atoms with van der Waals surface area (Å²) in [4.78, 5) is 21.5. The molecule has 0 bridgehead atoms. The van der Waals surface area contributed by atoms with Crippen molar-refractivity contribution in [3.8, 4) is 11.4 Å². The lowest BCUT2D eigenvalue weighted by Gasteiger charge is -2.13. The molecule has 0 aliphatic carbocycles. The predicted octanol–water partition coefficient (Wildman–Crippen LogP) is 3.55. The quantitative estimate of drug-likeness (QED) is 0.409. The van der Waals surface area contributed by atoms with E-state index in [-0.39, 0.29) is 5.78 Å². The summed E-state index contributed by atoms with van der Waals surface area (Å²) in [7, 11) is 0. The van der Waals surface area contributed by atoms with Crippen LogP contribution in [0.3, 0.4) is 0 Å². The predicted molar refractivity (Wildman–Crippen MR) is 102 cm³/mol. The van der Waals surface area contributed by atoms with E-state index < -0.39 is 5.37 Å². The first-order valence-electron chi connectivity index (χ1n) is 8.30. The van der Waals surface area contributed by atoms with Gasteiger partial charge in [-0.15, -0.1) is 5.10 Å². The fraction of sp³-hybridized carbons (Fsp3) is 0.105. The molecule has 1 atom stereocenters. The zero-order valence-electron chi connectivity index (χ0n) is 14.5. The summed E-state index contributed by atoms with van der Waals surface area (Å²) in [6.07, 6.45) is 2.93. The fourth-order valence-corrected chi connectivity index (χ4v) is 3.53. The molecule has 2 aromatic heterocycles. The molecule has 1 unspecified atom stereocenters. The molecule has 4 aromatic rings. The Kier molecular flexibility index (Phi) is 4.80. The third-order valence-corrected chi connectivity index (χ3v) is 4.98. The highest BCUT2D eigenvalue weighted by Gasteiger charge is 2.26. The van der Waals surface area contributed by atoms with Crippen molar-refractivity contribution in [1.82, 2.24) is 29.9 Å². The van der Waals surface area contributed by atoms with E-state index in [1.165, 1.54) is 29.1 Å². The van der Waals surface area contributed by atoms with Crippen molar-refractivity contribution >= 4 is 17.5 Å². The number of H-pyrrole nitrogens is 1. The number of rotatable bonds is 6. The van der Waals surface area contributed by atoms with Gasteiger partial charge in [0.2, 0.25) is 5.16 Å². The standard InChI is InChI=1S/C19H16N6OS/c1-13-6-5-9-15(10-13)17-22-19(24-23-17)27-18(25-12-20-11-21-25)16(26)14-7-3-2-4-8-14/h2-12,18H,1H3,(H,22,23,24). The molecule has 0 saturated carbocycles. The average Bonchev–Trinajstić information content (AvgIpc) is 3.38.